The van der Waals surface area contributed by atoms with Crippen LogP contribution in [0.15, 0.2) is 128 Å². The van der Waals surface area contributed by atoms with Crippen LogP contribution in [0.25, 0.3) is 11.0 Å². The first kappa shape index (κ1) is 33.9. The normalized spacial score (nSPS) is 8.85. The summed E-state index contributed by atoms with van der Waals surface area (Å²) in [6.07, 6.45) is 3.49. The zero-order chi connectivity index (χ0) is 19.7. The summed E-state index contributed by atoms with van der Waals surface area (Å²) >= 11 is 0. The van der Waals surface area contributed by atoms with Crippen molar-refractivity contribution in [1.82, 2.24) is 9.97 Å². The molecular formula is C29H31Cu2N2P-2. The van der Waals surface area contributed by atoms with Crippen LogP contribution in [-0.2, 0) is 34.1 Å². The first-order valence-electron chi connectivity index (χ1n) is 9.61. The minimum atomic E-state index is -0.877. The Labute approximate surface area is 228 Å². The van der Waals surface area contributed by atoms with Crippen LogP contribution in [0, 0.1) is 22.3 Å². The maximum Gasteiger partial charge on any atom is 0.159 e. The Kier molecular flexibility index (Phi) is 18.0. The maximum atomic E-state index is 4.07. The molecule has 2 radical (unpaired) electrons. The fourth-order valence-corrected chi connectivity index (χ4v) is 5.80. The molecule has 0 saturated heterocycles. The van der Waals surface area contributed by atoms with Gasteiger partial charge in [-0.3, -0.25) is 0 Å². The average molecular weight is 566 g/mol. The Hall–Kier alpha value is -2.31. The molecule has 5 rings (SSSR count). The Bertz CT molecular complexity index is 998. The number of nitrogens with zero attached hydrogens (tertiary/aromatic N) is 2. The van der Waals surface area contributed by atoms with E-state index in [1.807, 2.05) is 24.3 Å². The van der Waals surface area contributed by atoms with E-state index < -0.39 is 7.92 Å². The number of fused-ring (bicyclic) bond motifs is 1. The fourth-order valence-electron chi connectivity index (χ4n) is 3.22. The number of hydrogen-bond donors (Lipinski definition) is 0. The Morgan fingerprint density at radius 1 is 0.412 bits per heavy atom. The van der Waals surface area contributed by atoms with Gasteiger partial charge in [0.15, 0.2) is 5.65 Å². The molecule has 2 aromatic heterocycles. The minimum absolute atomic E-state index is 0. The monoisotopic (exact) mass is 564 g/mol. The fraction of sp³-hybridized carbons (Fsp3) is 0. The molecule has 0 aliphatic carbocycles. The van der Waals surface area contributed by atoms with E-state index in [2.05, 4.69) is 101 Å². The Morgan fingerprint density at radius 2 is 0.735 bits per heavy atom. The van der Waals surface area contributed by atoms with E-state index in [-0.39, 0.29) is 56.4 Å². The van der Waals surface area contributed by atoms with Gasteiger partial charge in [-0.2, -0.15) is 0 Å². The SMILES string of the molecule is [CH3-].[CH3-].[CH3-].[Cu].[Cu].c1ccc([PH+](c2ccccc2)c2ccccc2)cc1.c1cnc2ncccc2c1. The summed E-state index contributed by atoms with van der Waals surface area (Å²) in [7, 11) is -0.877. The summed E-state index contributed by atoms with van der Waals surface area (Å²) in [5.74, 6) is 0. The summed E-state index contributed by atoms with van der Waals surface area (Å²) < 4.78 is 0. The molecule has 0 bridgehead atoms. The maximum absolute atomic E-state index is 4.07. The quantitative estimate of drug-likeness (QED) is 0.149. The van der Waals surface area contributed by atoms with Gasteiger partial charge in [0.25, 0.3) is 0 Å². The largest absolute Gasteiger partial charge is 0.358 e. The van der Waals surface area contributed by atoms with Gasteiger partial charge in [0.1, 0.15) is 15.9 Å². The van der Waals surface area contributed by atoms with Crippen molar-refractivity contribution < 1.29 is 34.1 Å². The molecule has 2 nitrogen and oxygen atoms in total. The third-order valence-corrected chi connectivity index (χ3v) is 7.29. The molecule has 0 atom stereocenters. The van der Waals surface area contributed by atoms with Gasteiger partial charge in [-0.1, -0.05) is 54.6 Å². The number of rotatable bonds is 3. The number of pyridine rings is 2. The average Bonchev–Trinajstić information content (AvgIpc) is 2.82. The van der Waals surface area contributed by atoms with E-state index in [0.29, 0.717) is 0 Å². The van der Waals surface area contributed by atoms with Gasteiger partial charge in [0.2, 0.25) is 0 Å². The van der Waals surface area contributed by atoms with E-state index in [9.17, 15) is 0 Å². The van der Waals surface area contributed by atoms with Gasteiger partial charge in [-0.25, -0.2) is 9.97 Å². The zero-order valence-corrected chi connectivity index (χ0v) is 22.5. The molecule has 34 heavy (non-hydrogen) atoms. The van der Waals surface area contributed by atoms with Gasteiger partial charge in [-0.05, 0) is 60.7 Å². The predicted molar refractivity (Wildman–Crippen MR) is 145 cm³/mol. The summed E-state index contributed by atoms with van der Waals surface area (Å²) in [6, 6.07) is 40.3. The third kappa shape index (κ3) is 9.15. The molecule has 2 heterocycles. The molecule has 5 aromatic rings. The Balaban J connectivity index is 0. The molecule has 186 valence electrons. The van der Waals surface area contributed by atoms with Crippen LogP contribution < -0.4 is 15.9 Å². The van der Waals surface area contributed by atoms with Crippen molar-refractivity contribution in [3.05, 3.63) is 150 Å². The van der Waals surface area contributed by atoms with Crippen molar-refractivity contribution in [3.8, 4) is 0 Å². The molecule has 0 saturated carbocycles. The van der Waals surface area contributed by atoms with Crippen LogP contribution in [0.4, 0.5) is 0 Å². The van der Waals surface area contributed by atoms with Gasteiger partial charge < -0.3 is 22.3 Å². The second-order valence-corrected chi connectivity index (χ2v) is 9.01. The number of benzene rings is 3. The number of hydrogen-bond acceptors (Lipinski definition) is 2. The molecular weight excluding hydrogens is 534 g/mol. The Morgan fingerprint density at radius 3 is 1.03 bits per heavy atom. The van der Waals surface area contributed by atoms with Gasteiger partial charge in [-0.15, -0.1) is 0 Å². The van der Waals surface area contributed by atoms with Crippen molar-refractivity contribution >= 4 is 34.9 Å². The van der Waals surface area contributed by atoms with E-state index in [0.717, 1.165) is 11.0 Å². The summed E-state index contributed by atoms with van der Waals surface area (Å²) in [5, 5.41) is 5.39. The third-order valence-electron chi connectivity index (χ3n) is 4.56. The minimum Gasteiger partial charge on any atom is -0.358 e. The topological polar surface area (TPSA) is 25.8 Å². The summed E-state index contributed by atoms with van der Waals surface area (Å²) in [5.41, 5.74) is 0.810. The van der Waals surface area contributed by atoms with E-state index >= 15 is 0 Å². The van der Waals surface area contributed by atoms with Crippen LogP contribution in [0.2, 0.25) is 0 Å². The molecule has 0 aliphatic rings. The molecule has 3 aromatic carbocycles. The zero-order valence-electron chi connectivity index (χ0n) is 19.6. The van der Waals surface area contributed by atoms with Crippen LogP contribution in [0.1, 0.15) is 0 Å². The van der Waals surface area contributed by atoms with Gasteiger partial charge >= 0.3 is 0 Å². The van der Waals surface area contributed by atoms with E-state index in [1.54, 1.807) is 12.4 Å². The van der Waals surface area contributed by atoms with Crippen molar-refractivity contribution in [2.24, 2.45) is 0 Å². The molecule has 0 spiro atoms. The van der Waals surface area contributed by atoms with Crippen molar-refractivity contribution in [2.75, 3.05) is 0 Å². The van der Waals surface area contributed by atoms with E-state index in [4.69, 9.17) is 0 Å². The summed E-state index contributed by atoms with van der Waals surface area (Å²) in [4.78, 5) is 8.14. The van der Waals surface area contributed by atoms with Crippen molar-refractivity contribution in [1.29, 1.82) is 0 Å². The van der Waals surface area contributed by atoms with Crippen LogP contribution in [0.3, 0.4) is 0 Å². The second-order valence-electron chi connectivity index (χ2n) is 6.53. The molecule has 0 amide bonds. The molecule has 5 heteroatoms. The van der Waals surface area contributed by atoms with Crippen LogP contribution >= 0.6 is 7.92 Å². The summed E-state index contributed by atoms with van der Waals surface area (Å²) in [6.45, 7) is 0. The van der Waals surface area contributed by atoms with Crippen LogP contribution in [-0.4, -0.2) is 9.97 Å². The molecule has 0 N–H and O–H groups in total. The molecule has 0 aliphatic heterocycles. The molecule has 0 fully saturated rings. The number of aromatic nitrogens is 2. The second kappa shape index (κ2) is 18.1. The first-order chi connectivity index (χ1) is 14.4. The van der Waals surface area contributed by atoms with Crippen molar-refractivity contribution in [2.45, 2.75) is 0 Å². The van der Waals surface area contributed by atoms with Gasteiger partial charge in [0, 0.05) is 51.9 Å². The molecule has 0 unspecified atom stereocenters. The van der Waals surface area contributed by atoms with Crippen molar-refractivity contribution in [3.63, 3.8) is 0 Å². The smallest absolute Gasteiger partial charge is 0.159 e. The van der Waals surface area contributed by atoms with Crippen LogP contribution in [0.5, 0.6) is 0 Å². The first-order valence-corrected chi connectivity index (χ1v) is 11.1. The standard InChI is InChI=1S/C18H15P.C8H6N2.3CH3.2Cu/c1-4-10-16(11-5-1)19(17-12-6-2-7-13-17)18-14-8-3-9-15-18;1-3-7-4-2-6-10-8(7)9-5-1;;;;;/h1-15H;1-6H;3*1H3;;/q;;3*-1;;/p+1. The predicted octanol–water partition coefficient (Wildman–Crippen LogP) is 6.15. The van der Waals surface area contributed by atoms with E-state index in [1.165, 1.54) is 15.9 Å². The van der Waals surface area contributed by atoms with Gasteiger partial charge in [0.05, 0.1) is 7.92 Å².